The first kappa shape index (κ1) is 11.6. The lowest BCUT2D eigenvalue weighted by Crippen LogP contribution is -2.40. The van der Waals surface area contributed by atoms with Crippen LogP contribution >= 0.6 is 0 Å². The Hall–Kier alpha value is -0.830. The third-order valence-electron chi connectivity index (χ3n) is 4.10. The number of nitrogens with zero attached hydrogens (tertiary/aromatic N) is 1. The number of hydrogen-bond acceptors (Lipinski definition) is 2. The molecule has 1 saturated carbocycles. The summed E-state index contributed by atoms with van der Waals surface area (Å²) in [7, 11) is 0. The molecule has 1 aliphatic carbocycles. The van der Waals surface area contributed by atoms with Gasteiger partial charge in [-0.3, -0.25) is 4.79 Å². The second-order valence-corrected chi connectivity index (χ2v) is 5.43. The van der Waals surface area contributed by atoms with Crippen molar-refractivity contribution in [1.29, 1.82) is 0 Å². The monoisotopic (exact) mass is 223 g/mol. The zero-order valence-corrected chi connectivity index (χ0v) is 10.2. The van der Waals surface area contributed by atoms with Gasteiger partial charge in [-0.05, 0) is 33.1 Å². The summed E-state index contributed by atoms with van der Waals surface area (Å²) in [4.78, 5) is 14.0. The fraction of sp³-hybridized carbons (Fsp3) is 0.769. The van der Waals surface area contributed by atoms with Gasteiger partial charge in [0.05, 0.1) is 6.61 Å². The van der Waals surface area contributed by atoms with Crippen LogP contribution in [0.15, 0.2) is 11.6 Å². The maximum atomic E-state index is 12.0. The number of amides is 1. The second kappa shape index (κ2) is 4.21. The third kappa shape index (κ3) is 1.77. The van der Waals surface area contributed by atoms with Crippen LogP contribution in [0.5, 0.6) is 0 Å². The molecule has 2 aliphatic rings. The van der Waals surface area contributed by atoms with E-state index in [-0.39, 0.29) is 24.0 Å². The van der Waals surface area contributed by atoms with Crippen molar-refractivity contribution in [2.45, 2.75) is 45.6 Å². The van der Waals surface area contributed by atoms with Crippen molar-refractivity contribution in [3.05, 3.63) is 11.6 Å². The van der Waals surface area contributed by atoms with Crippen LogP contribution in [0.3, 0.4) is 0 Å². The van der Waals surface area contributed by atoms with Gasteiger partial charge in [0.2, 0.25) is 5.91 Å². The predicted molar refractivity (Wildman–Crippen MR) is 62.9 cm³/mol. The van der Waals surface area contributed by atoms with Crippen LogP contribution in [-0.4, -0.2) is 35.1 Å². The number of rotatable bonds is 2. The van der Waals surface area contributed by atoms with E-state index in [4.69, 9.17) is 0 Å². The summed E-state index contributed by atoms with van der Waals surface area (Å²) in [5.74, 6) is 0.127. The van der Waals surface area contributed by atoms with E-state index in [0.29, 0.717) is 0 Å². The minimum absolute atomic E-state index is 0.0190. The van der Waals surface area contributed by atoms with Crippen LogP contribution < -0.4 is 0 Å². The molecule has 3 nitrogen and oxygen atoms in total. The molecule has 3 heteroatoms. The molecule has 0 radical (unpaired) electrons. The lowest BCUT2D eigenvalue weighted by molar-refractivity contribution is -0.127. The van der Waals surface area contributed by atoms with Gasteiger partial charge >= 0.3 is 0 Å². The van der Waals surface area contributed by atoms with Crippen LogP contribution in [0.1, 0.15) is 39.5 Å². The molecule has 2 unspecified atom stereocenters. The Morgan fingerprint density at radius 2 is 2.25 bits per heavy atom. The highest BCUT2D eigenvalue weighted by atomic mass is 16.3. The smallest absolute Gasteiger partial charge is 0.246 e. The van der Waals surface area contributed by atoms with Crippen molar-refractivity contribution >= 4 is 5.91 Å². The number of aliphatic hydroxyl groups is 1. The van der Waals surface area contributed by atoms with Gasteiger partial charge in [0.15, 0.2) is 0 Å². The summed E-state index contributed by atoms with van der Waals surface area (Å²) in [5, 5.41) is 9.56. The van der Waals surface area contributed by atoms with Crippen molar-refractivity contribution in [2.24, 2.45) is 5.41 Å². The average Bonchev–Trinajstić information content (AvgIpc) is 2.73. The highest BCUT2D eigenvalue weighted by molar-refractivity contribution is 5.88. The van der Waals surface area contributed by atoms with Gasteiger partial charge < -0.3 is 10.0 Å². The van der Waals surface area contributed by atoms with E-state index < -0.39 is 0 Å². The summed E-state index contributed by atoms with van der Waals surface area (Å²) in [5.41, 5.74) is 1.06. The molecule has 0 bridgehead atoms. The zero-order chi connectivity index (χ0) is 11.8. The number of hydrogen-bond donors (Lipinski definition) is 1. The van der Waals surface area contributed by atoms with E-state index in [1.165, 1.54) is 0 Å². The fourth-order valence-electron chi connectivity index (χ4n) is 3.25. The van der Waals surface area contributed by atoms with Crippen LogP contribution in [-0.2, 0) is 4.79 Å². The largest absolute Gasteiger partial charge is 0.396 e. The van der Waals surface area contributed by atoms with Gasteiger partial charge in [0.1, 0.15) is 0 Å². The molecule has 0 aromatic rings. The molecular formula is C13H21NO2. The molecule has 1 aliphatic heterocycles. The van der Waals surface area contributed by atoms with Gasteiger partial charge in [-0.15, -0.1) is 0 Å². The van der Waals surface area contributed by atoms with Crippen molar-refractivity contribution in [1.82, 2.24) is 4.90 Å². The van der Waals surface area contributed by atoms with Gasteiger partial charge in [-0.2, -0.15) is 0 Å². The summed E-state index contributed by atoms with van der Waals surface area (Å²) in [6, 6.07) is 0.278. The Kier molecular flexibility index (Phi) is 3.06. The first-order valence-corrected chi connectivity index (χ1v) is 6.15. The normalized spacial score (nSPS) is 32.7. The number of aliphatic hydroxyl groups excluding tert-OH is 1. The van der Waals surface area contributed by atoms with Crippen molar-refractivity contribution in [3.63, 3.8) is 0 Å². The molecule has 2 fully saturated rings. The summed E-state index contributed by atoms with van der Waals surface area (Å²) in [6.45, 7) is 4.94. The van der Waals surface area contributed by atoms with Gasteiger partial charge in [0, 0.05) is 24.1 Å². The summed E-state index contributed by atoms with van der Waals surface area (Å²) < 4.78 is 0. The number of likely N-dealkylation sites (tertiary alicyclic amines) is 1. The lowest BCUT2D eigenvalue weighted by atomic mass is 9.83. The van der Waals surface area contributed by atoms with Crippen LogP contribution in [0, 0.1) is 5.41 Å². The molecule has 0 spiro atoms. The van der Waals surface area contributed by atoms with Crippen LogP contribution in [0.25, 0.3) is 0 Å². The molecule has 2 rings (SSSR count). The average molecular weight is 223 g/mol. The number of carbonyl (C=O) groups excluding carboxylic acids is 1. The minimum Gasteiger partial charge on any atom is -0.396 e. The third-order valence-corrected chi connectivity index (χ3v) is 4.10. The van der Waals surface area contributed by atoms with E-state index in [1.807, 2.05) is 18.7 Å². The quantitative estimate of drug-likeness (QED) is 0.724. The van der Waals surface area contributed by atoms with E-state index in [2.05, 4.69) is 0 Å². The molecule has 0 aromatic heterocycles. The predicted octanol–water partition coefficient (Wildman–Crippen LogP) is 1.72. The summed E-state index contributed by atoms with van der Waals surface area (Å²) >= 11 is 0. The molecule has 90 valence electrons. The van der Waals surface area contributed by atoms with Gasteiger partial charge in [0.25, 0.3) is 0 Å². The molecule has 0 aromatic carbocycles. The van der Waals surface area contributed by atoms with E-state index in [9.17, 15) is 9.90 Å². The van der Waals surface area contributed by atoms with Gasteiger partial charge in [-0.1, -0.05) is 12.0 Å². The van der Waals surface area contributed by atoms with E-state index in [0.717, 1.165) is 37.8 Å². The first-order valence-electron chi connectivity index (χ1n) is 6.15. The summed E-state index contributed by atoms with van der Waals surface area (Å²) in [6.07, 6.45) is 5.96. The highest BCUT2D eigenvalue weighted by Gasteiger charge is 2.50. The highest BCUT2D eigenvalue weighted by Crippen LogP contribution is 2.48. The Morgan fingerprint density at radius 1 is 1.50 bits per heavy atom. The molecule has 16 heavy (non-hydrogen) atoms. The van der Waals surface area contributed by atoms with Crippen LogP contribution in [0.4, 0.5) is 0 Å². The molecular weight excluding hydrogens is 202 g/mol. The molecule has 1 heterocycles. The Labute approximate surface area is 97.1 Å². The zero-order valence-electron chi connectivity index (χ0n) is 10.2. The standard InChI is InChI=1S/C13H21NO2/c1-10(2)8-12(16)14-7-6-13(9-15)5-3-4-11(13)14/h8,11,15H,3-7,9H2,1-2H3. The second-order valence-electron chi connectivity index (χ2n) is 5.43. The molecule has 2 atom stereocenters. The Balaban J connectivity index is 2.15. The van der Waals surface area contributed by atoms with Crippen molar-refractivity contribution in [2.75, 3.05) is 13.2 Å². The Morgan fingerprint density at radius 3 is 2.88 bits per heavy atom. The number of fused-ring (bicyclic) bond motifs is 1. The van der Waals surface area contributed by atoms with E-state index in [1.54, 1.807) is 6.08 Å². The van der Waals surface area contributed by atoms with Crippen molar-refractivity contribution in [3.8, 4) is 0 Å². The number of carbonyl (C=O) groups is 1. The molecule has 1 amide bonds. The SMILES string of the molecule is CC(C)=CC(=O)N1CCC2(CO)CCCC12. The number of allylic oxidation sites excluding steroid dienone is 1. The maximum Gasteiger partial charge on any atom is 0.246 e. The first-order chi connectivity index (χ1) is 7.59. The topological polar surface area (TPSA) is 40.5 Å². The fourth-order valence-corrected chi connectivity index (χ4v) is 3.25. The molecule has 1 saturated heterocycles. The van der Waals surface area contributed by atoms with Crippen LogP contribution in [0.2, 0.25) is 0 Å². The maximum absolute atomic E-state index is 12.0. The lowest BCUT2D eigenvalue weighted by Gasteiger charge is -2.30. The Bertz CT molecular complexity index is 320. The minimum atomic E-state index is 0.0190. The molecule has 1 N–H and O–H groups in total. The van der Waals surface area contributed by atoms with E-state index >= 15 is 0 Å². The van der Waals surface area contributed by atoms with Crippen molar-refractivity contribution < 1.29 is 9.90 Å². The van der Waals surface area contributed by atoms with Gasteiger partial charge in [-0.25, -0.2) is 0 Å².